The fourth-order valence-electron chi connectivity index (χ4n) is 6.11. The average molecular weight is 563 g/mol. The topological polar surface area (TPSA) is 133 Å². The van der Waals surface area contributed by atoms with E-state index < -0.39 is 5.91 Å². The van der Waals surface area contributed by atoms with Gasteiger partial charge in [-0.15, -0.1) is 0 Å². The molecule has 1 saturated heterocycles. The van der Waals surface area contributed by atoms with Crippen molar-refractivity contribution >= 4 is 34.4 Å². The monoisotopic (exact) mass is 562 g/mol. The van der Waals surface area contributed by atoms with Crippen molar-refractivity contribution in [3.63, 3.8) is 0 Å². The molecular weight excluding hydrogens is 532 g/mol. The molecule has 212 valence electrons. The molecule has 0 bridgehead atoms. The minimum atomic E-state index is -0.415. The summed E-state index contributed by atoms with van der Waals surface area (Å²) >= 11 is 0. The number of nitrogen functional groups attached to an aromatic ring is 1. The molecule has 11 heteroatoms. The number of nitrogens with one attached hydrogen (secondary N) is 1. The van der Waals surface area contributed by atoms with Crippen molar-refractivity contribution < 1.29 is 9.59 Å². The van der Waals surface area contributed by atoms with Crippen molar-refractivity contribution in [3.8, 4) is 16.8 Å². The molecule has 2 aromatic carbocycles. The van der Waals surface area contributed by atoms with Crippen LogP contribution in [-0.2, 0) is 17.8 Å². The van der Waals surface area contributed by atoms with E-state index in [2.05, 4.69) is 19.9 Å². The van der Waals surface area contributed by atoms with Crippen LogP contribution in [0.25, 0.3) is 27.8 Å². The largest absolute Gasteiger partial charge is 0.383 e. The highest BCUT2D eigenvalue weighted by molar-refractivity contribution is 6.05. The number of para-hydroxylation sites is 1. The number of nitrogens with zero attached hydrogens (tertiary/aromatic N) is 6. The maximum Gasteiger partial charge on any atom is 0.284 e. The van der Waals surface area contributed by atoms with Crippen LogP contribution >= 0.6 is 0 Å². The lowest BCUT2D eigenvalue weighted by Crippen LogP contribution is -2.49. The van der Waals surface area contributed by atoms with E-state index in [4.69, 9.17) is 5.73 Å². The summed E-state index contributed by atoms with van der Waals surface area (Å²) in [5.74, 6) is 0.0129. The van der Waals surface area contributed by atoms with E-state index in [0.717, 1.165) is 46.4 Å². The second-order valence-electron chi connectivity index (χ2n) is 10.9. The molecule has 0 unspecified atom stereocenters. The number of aromatic nitrogens is 5. The van der Waals surface area contributed by atoms with Gasteiger partial charge in [0.1, 0.15) is 23.4 Å². The van der Waals surface area contributed by atoms with E-state index in [-0.39, 0.29) is 23.1 Å². The number of carbonyl (C=O) groups excluding carboxylic acids is 2. The molecule has 2 aliphatic rings. The van der Waals surface area contributed by atoms with Gasteiger partial charge in [-0.2, -0.15) is 0 Å². The lowest BCUT2D eigenvalue weighted by atomic mass is 10.0. The van der Waals surface area contributed by atoms with E-state index >= 15 is 0 Å². The molecule has 7 rings (SSSR count). The highest BCUT2D eigenvalue weighted by Crippen LogP contribution is 2.36. The Balaban J connectivity index is 1.19. The van der Waals surface area contributed by atoms with Gasteiger partial charge in [0, 0.05) is 44.0 Å². The lowest BCUT2D eigenvalue weighted by molar-refractivity contribution is -0.134. The molecule has 0 radical (unpaired) electrons. The highest BCUT2D eigenvalue weighted by atomic mass is 16.2. The van der Waals surface area contributed by atoms with Gasteiger partial charge in [0.15, 0.2) is 0 Å². The molecule has 0 saturated carbocycles. The Morgan fingerprint density at radius 3 is 2.50 bits per heavy atom. The number of benzene rings is 2. The molecule has 2 amide bonds. The molecule has 0 aliphatic carbocycles. The summed E-state index contributed by atoms with van der Waals surface area (Å²) < 4.78 is 5.62. The third kappa shape index (κ3) is 4.16. The summed E-state index contributed by atoms with van der Waals surface area (Å²) in [6.07, 6.45) is 6.02. The third-order valence-electron chi connectivity index (χ3n) is 8.30. The van der Waals surface area contributed by atoms with Crippen molar-refractivity contribution in [2.45, 2.75) is 38.8 Å². The van der Waals surface area contributed by atoms with Gasteiger partial charge in [-0.25, -0.2) is 14.6 Å². The molecule has 5 heterocycles. The van der Waals surface area contributed by atoms with Crippen LogP contribution in [0.1, 0.15) is 41.9 Å². The SMILES string of the molecule is CC(=O)N1CC(n2cc(-c3ccc(NC(=O)c4c5n(n(-c6ccccc6)c4=O)CCCC5)cc3)c3c(N)ncnc32)C1. The van der Waals surface area contributed by atoms with E-state index in [1.54, 1.807) is 16.5 Å². The summed E-state index contributed by atoms with van der Waals surface area (Å²) in [6.45, 7) is 3.49. The van der Waals surface area contributed by atoms with Crippen LogP contribution in [0, 0.1) is 0 Å². The quantitative estimate of drug-likeness (QED) is 0.336. The van der Waals surface area contributed by atoms with Gasteiger partial charge in [-0.05, 0) is 49.1 Å². The molecule has 0 atom stereocenters. The number of rotatable bonds is 5. The zero-order valence-electron chi connectivity index (χ0n) is 23.2. The first kappa shape index (κ1) is 25.8. The Bertz CT molecular complexity index is 1900. The molecule has 2 aliphatic heterocycles. The first-order valence-corrected chi connectivity index (χ1v) is 14.1. The zero-order valence-corrected chi connectivity index (χ0v) is 23.2. The van der Waals surface area contributed by atoms with Crippen LogP contribution in [-0.4, -0.2) is 53.7 Å². The molecule has 1 fully saturated rings. The highest BCUT2D eigenvalue weighted by Gasteiger charge is 2.32. The van der Waals surface area contributed by atoms with Crippen LogP contribution in [0.15, 0.2) is 71.9 Å². The molecule has 42 heavy (non-hydrogen) atoms. The Morgan fingerprint density at radius 2 is 1.76 bits per heavy atom. The van der Waals surface area contributed by atoms with E-state index in [9.17, 15) is 14.4 Å². The third-order valence-corrected chi connectivity index (χ3v) is 8.30. The van der Waals surface area contributed by atoms with Gasteiger partial charge in [0.05, 0.1) is 22.8 Å². The maximum absolute atomic E-state index is 13.6. The van der Waals surface area contributed by atoms with Crippen molar-refractivity contribution in [1.29, 1.82) is 0 Å². The number of nitrogens with two attached hydrogens (primary N) is 1. The molecule has 3 N–H and O–H groups in total. The smallest absolute Gasteiger partial charge is 0.284 e. The van der Waals surface area contributed by atoms with Crippen molar-refractivity contribution in [1.82, 2.24) is 28.8 Å². The molecular formula is C31H30N8O3. The minimum Gasteiger partial charge on any atom is -0.383 e. The molecule has 11 nitrogen and oxygen atoms in total. The number of hydrogen-bond donors (Lipinski definition) is 2. The number of amides is 2. The summed E-state index contributed by atoms with van der Waals surface area (Å²) in [6, 6.07) is 17.0. The first-order chi connectivity index (χ1) is 20.4. The minimum absolute atomic E-state index is 0.0505. The summed E-state index contributed by atoms with van der Waals surface area (Å²) in [5.41, 5.74) is 10.7. The van der Waals surface area contributed by atoms with Gasteiger partial charge in [0.2, 0.25) is 5.91 Å². The van der Waals surface area contributed by atoms with Crippen molar-refractivity contribution in [2.24, 2.45) is 0 Å². The Kier molecular flexibility index (Phi) is 6.14. The zero-order chi connectivity index (χ0) is 29.0. The van der Waals surface area contributed by atoms with Gasteiger partial charge in [-0.3, -0.25) is 19.1 Å². The number of likely N-dealkylation sites (tertiary alicyclic amines) is 1. The van der Waals surface area contributed by atoms with Crippen LogP contribution in [0.3, 0.4) is 0 Å². The number of anilines is 2. The lowest BCUT2D eigenvalue weighted by Gasteiger charge is -2.39. The molecule has 5 aromatic rings. The molecule has 0 spiro atoms. The predicted molar refractivity (Wildman–Crippen MR) is 160 cm³/mol. The van der Waals surface area contributed by atoms with Crippen molar-refractivity contribution in [2.75, 3.05) is 24.1 Å². The Morgan fingerprint density at radius 1 is 1.00 bits per heavy atom. The fourth-order valence-corrected chi connectivity index (χ4v) is 6.11. The van der Waals surface area contributed by atoms with Gasteiger partial charge >= 0.3 is 0 Å². The van der Waals surface area contributed by atoms with E-state index in [0.29, 0.717) is 37.6 Å². The van der Waals surface area contributed by atoms with Crippen LogP contribution < -0.4 is 16.6 Å². The number of hydrogen-bond acceptors (Lipinski definition) is 6. The Labute approximate surface area is 241 Å². The second-order valence-corrected chi connectivity index (χ2v) is 10.9. The summed E-state index contributed by atoms with van der Waals surface area (Å²) in [4.78, 5) is 49.3. The van der Waals surface area contributed by atoms with E-state index in [1.165, 1.54) is 6.33 Å². The van der Waals surface area contributed by atoms with E-state index in [1.807, 2.05) is 65.5 Å². The Hall–Kier alpha value is -5.19. The first-order valence-electron chi connectivity index (χ1n) is 14.1. The van der Waals surface area contributed by atoms with Crippen LogP contribution in [0.4, 0.5) is 11.5 Å². The molecule has 3 aromatic heterocycles. The average Bonchev–Trinajstić information content (AvgIpc) is 3.49. The van der Waals surface area contributed by atoms with Crippen LogP contribution in [0.2, 0.25) is 0 Å². The van der Waals surface area contributed by atoms with Gasteiger partial charge in [0.25, 0.3) is 11.5 Å². The van der Waals surface area contributed by atoms with Crippen molar-refractivity contribution in [3.05, 3.63) is 88.7 Å². The predicted octanol–water partition coefficient (Wildman–Crippen LogP) is 3.62. The van der Waals surface area contributed by atoms with Crippen LogP contribution in [0.5, 0.6) is 0 Å². The maximum atomic E-state index is 13.6. The normalized spacial score (nSPS) is 14.9. The van der Waals surface area contributed by atoms with Gasteiger partial charge < -0.3 is 20.5 Å². The standard InChI is InChI=1S/C31H30N8O3/c1-19(40)36-15-23(16-36)37-17-24(26-28(32)33-18-34-29(26)37)20-10-12-21(13-11-20)35-30(41)27-25-9-5-6-14-38(25)39(31(27)42)22-7-3-2-4-8-22/h2-4,7-8,10-13,17-18,23H,5-6,9,14-16H2,1H3,(H,35,41)(H2,32,33,34). The number of fused-ring (bicyclic) bond motifs is 2. The van der Waals surface area contributed by atoms with Gasteiger partial charge in [-0.1, -0.05) is 30.3 Å². The second kappa shape index (κ2) is 10.0. The summed E-state index contributed by atoms with van der Waals surface area (Å²) in [5, 5.41) is 3.69. The fraction of sp³-hybridized carbons (Fsp3) is 0.258. The summed E-state index contributed by atoms with van der Waals surface area (Å²) in [7, 11) is 0. The number of carbonyl (C=O) groups is 2.